The van der Waals surface area contributed by atoms with Gasteiger partial charge < -0.3 is 9.32 Å². The predicted molar refractivity (Wildman–Crippen MR) is 93.3 cm³/mol. The van der Waals surface area contributed by atoms with Gasteiger partial charge in [-0.3, -0.25) is 4.79 Å². The maximum Gasteiger partial charge on any atom is 0.289 e. The minimum atomic E-state index is -0.0169. The summed E-state index contributed by atoms with van der Waals surface area (Å²) in [6, 6.07) is 12.0. The zero-order chi connectivity index (χ0) is 15.5. The van der Waals surface area contributed by atoms with Gasteiger partial charge in [-0.15, -0.1) is 0 Å². The second kappa shape index (κ2) is 6.92. The molecule has 0 spiro atoms. The Kier molecular flexibility index (Phi) is 4.93. The Morgan fingerprint density at radius 1 is 1.27 bits per heavy atom. The highest BCUT2D eigenvalue weighted by atomic mass is 79.9. The standard InChI is InChI=1S/C17H18BrNO2S/c1-12-4-2-3-5-13(12)15-8-9-19(10-11-22-15)17(20)14-6-7-16(18)21-14/h2-7,15H,8-11H2,1H3. The molecule has 1 aliphatic rings. The third-order valence-electron chi connectivity index (χ3n) is 3.95. The van der Waals surface area contributed by atoms with Crippen molar-refractivity contribution in [1.82, 2.24) is 4.90 Å². The summed E-state index contributed by atoms with van der Waals surface area (Å²) in [5.41, 5.74) is 2.72. The van der Waals surface area contributed by atoms with Crippen LogP contribution in [0.2, 0.25) is 0 Å². The van der Waals surface area contributed by atoms with Crippen molar-refractivity contribution in [3.05, 3.63) is 58.0 Å². The van der Waals surface area contributed by atoms with Crippen molar-refractivity contribution in [2.75, 3.05) is 18.8 Å². The van der Waals surface area contributed by atoms with Crippen LogP contribution in [-0.2, 0) is 0 Å². The molecule has 1 aromatic heterocycles. The molecule has 1 atom stereocenters. The lowest BCUT2D eigenvalue weighted by atomic mass is 10.0. The lowest BCUT2D eigenvalue weighted by Crippen LogP contribution is -2.32. The topological polar surface area (TPSA) is 33.5 Å². The predicted octanol–water partition coefficient (Wildman–Crippen LogP) is 4.67. The second-order valence-corrected chi connectivity index (χ2v) is 7.49. The van der Waals surface area contributed by atoms with Gasteiger partial charge in [0.2, 0.25) is 0 Å². The number of aryl methyl sites for hydroxylation is 1. The molecule has 1 unspecified atom stereocenters. The third-order valence-corrected chi connectivity index (χ3v) is 5.68. The van der Waals surface area contributed by atoms with Gasteiger partial charge in [-0.2, -0.15) is 11.8 Å². The highest BCUT2D eigenvalue weighted by molar-refractivity contribution is 9.10. The molecular formula is C17H18BrNO2S. The fourth-order valence-corrected chi connectivity index (χ4v) is 4.39. The highest BCUT2D eigenvalue weighted by Gasteiger charge is 2.25. The van der Waals surface area contributed by atoms with Crippen LogP contribution in [0, 0.1) is 6.92 Å². The molecule has 0 saturated carbocycles. The number of halogens is 1. The molecule has 116 valence electrons. The molecule has 1 aromatic carbocycles. The van der Waals surface area contributed by atoms with E-state index in [1.807, 2.05) is 16.7 Å². The smallest absolute Gasteiger partial charge is 0.289 e. The third kappa shape index (κ3) is 3.41. The molecule has 1 fully saturated rings. The summed E-state index contributed by atoms with van der Waals surface area (Å²) in [6.45, 7) is 3.69. The van der Waals surface area contributed by atoms with E-state index < -0.39 is 0 Å². The molecule has 1 aliphatic heterocycles. The van der Waals surface area contributed by atoms with Crippen molar-refractivity contribution in [1.29, 1.82) is 0 Å². The van der Waals surface area contributed by atoms with E-state index in [9.17, 15) is 4.79 Å². The molecule has 3 nitrogen and oxygen atoms in total. The first-order valence-electron chi connectivity index (χ1n) is 7.37. The van der Waals surface area contributed by atoms with Crippen molar-refractivity contribution in [2.45, 2.75) is 18.6 Å². The van der Waals surface area contributed by atoms with Gasteiger partial charge in [0, 0.05) is 24.1 Å². The Morgan fingerprint density at radius 2 is 2.09 bits per heavy atom. The quantitative estimate of drug-likeness (QED) is 0.759. The molecule has 0 radical (unpaired) electrons. The van der Waals surface area contributed by atoms with Crippen LogP contribution in [0.5, 0.6) is 0 Å². The highest BCUT2D eigenvalue weighted by Crippen LogP contribution is 2.36. The Bertz CT molecular complexity index is 670. The fourth-order valence-electron chi connectivity index (χ4n) is 2.75. The second-order valence-electron chi connectivity index (χ2n) is 5.40. The Morgan fingerprint density at radius 3 is 2.82 bits per heavy atom. The number of rotatable bonds is 2. The number of hydrogen-bond donors (Lipinski definition) is 0. The number of furan rings is 1. The van der Waals surface area contributed by atoms with E-state index in [0.717, 1.165) is 25.3 Å². The van der Waals surface area contributed by atoms with Gasteiger partial charge in [0.25, 0.3) is 5.91 Å². The van der Waals surface area contributed by atoms with E-state index in [0.29, 0.717) is 15.7 Å². The normalized spacial score (nSPS) is 19.0. The van der Waals surface area contributed by atoms with E-state index >= 15 is 0 Å². The molecule has 3 rings (SSSR count). The minimum Gasteiger partial charge on any atom is -0.444 e. The average molecular weight is 380 g/mol. The van der Waals surface area contributed by atoms with Crippen molar-refractivity contribution in [3.63, 3.8) is 0 Å². The molecule has 1 saturated heterocycles. The van der Waals surface area contributed by atoms with Crippen LogP contribution >= 0.6 is 27.7 Å². The summed E-state index contributed by atoms with van der Waals surface area (Å²) < 4.78 is 5.98. The molecule has 1 amide bonds. The number of thioether (sulfide) groups is 1. The number of carbonyl (C=O) groups excluding carboxylic acids is 1. The molecule has 0 bridgehead atoms. The van der Waals surface area contributed by atoms with Crippen LogP contribution < -0.4 is 0 Å². The van der Waals surface area contributed by atoms with Gasteiger partial charge in [0.1, 0.15) is 0 Å². The Hall–Kier alpha value is -1.20. The van der Waals surface area contributed by atoms with Crippen molar-refractivity contribution >= 4 is 33.6 Å². The largest absolute Gasteiger partial charge is 0.444 e. The molecule has 22 heavy (non-hydrogen) atoms. The van der Waals surface area contributed by atoms with Crippen LogP contribution in [0.3, 0.4) is 0 Å². The zero-order valence-electron chi connectivity index (χ0n) is 12.4. The number of carbonyl (C=O) groups is 1. The molecule has 0 aliphatic carbocycles. The van der Waals surface area contributed by atoms with Crippen LogP contribution in [0.4, 0.5) is 0 Å². The van der Waals surface area contributed by atoms with Crippen LogP contribution in [0.25, 0.3) is 0 Å². The zero-order valence-corrected chi connectivity index (χ0v) is 14.8. The lowest BCUT2D eigenvalue weighted by molar-refractivity contribution is 0.0733. The number of hydrogen-bond acceptors (Lipinski definition) is 3. The summed E-state index contributed by atoms with van der Waals surface area (Å²) in [5, 5.41) is 0.460. The molecular weight excluding hydrogens is 362 g/mol. The monoisotopic (exact) mass is 379 g/mol. The number of amides is 1. The van der Waals surface area contributed by atoms with Gasteiger partial charge in [0.05, 0.1) is 0 Å². The molecule has 2 heterocycles. The first-order valence-corrected chi connectivity index (χ1v) is 9.21. The van der Waals surface area contributed by atoms with E-state index in [-0.39, 0.29) is 5.91 Å². The van der Waals surface area contributed by atoms with Gasteiger partial charge in [-0.1, -0.05) is 24.3 Å². The SMILES string of the molecule is Cc1ccccc1C1CCN(C(=O)c2ccc(Br)o2)CCS1. The van der Waals surface area contributed by atoms with E-state index in [1.165, 1.54) is 11.1 Å². The van der Waals surface area contributed by atoms with Gasteiger partial charge in [-0.25, -0.2) is 0 Å². The van der Waals surface area contributed by atoms with Gasteiger partial charge in [0.15, 0.2) is 10.4 Å². The molecule has 2 aromatic rings. The molecule has 5 heteroatoms. The molecule has 0 N–H and O–H groups in total. The van der Waals surface area contributed by atoms with E-state index in [2.05, 4.69) is 47.1 Å². The number of nitrogens with zero attached hydrogens (tertiary/aromatic N) is 1. The van der Waals surface area contributed by atoms with E-state index in [4.69, 9.17) is 4.42 Å². The summed E-state index contributed by atoms with van der Waals surface area (Å²) >= 11 is 5.19. The van der Waals surface area contributed by atoms with Gasteiger partial charge >= 0.3 is 0 Å². The van der Waals surface area contributed by atoms with Crippen molar-refractivity contribution in [3.8, 4) is 0 Å². The van der Waals surface area contributed by atoms with Crippen LogP contribution in [0.1, 0.15) is 33.4 Å². The summed E-state index contributed by atoms with van der Waals surface area (Å²) in [7, 11) is 0. The van der Waals surface area contributed by atoms with E-state index in [1.54, 1.807) is 12.1 Å². The summed E-state index contributed by atoms with van der Waals surface area (Å²) in [5.74, 6) is 1.34. The maximum atomic E-state index is 12.5. The maximum absolute atomic E-state index is 12.5. The number of benzene rings is 1. The Balaban J connectivity index is 1.70. The summed E-state index contributed by atoms with van der Waals surface area (Å²) in [6.07, 6.45) is 0.975. The Labute approximate surface area is 143 Å². The lowest BCUT2D eigenvalue weighted by Gasteiger charge is -2.19. The minimum absolute atomic E-state index is 0.0169. The first-order chi connectivity index (χ1) is 10.6. The van der Waals surface area contributed by atoms with Gasteiger partial charge in [-0.05, 0) is 52.5 Å². The van der Waals surface area contributed by atoms with Crippen molar-refractivity contribution in [2.24, 2.45) is 0 Å². The summed E-state index contributed by atoms with van der Waals surface area (Å²) in [4.78, 5) is 14.4. The van der Waals surface area contributed by atoms with Crippen LogP contribution in [0.15, 0.2) is 45.5 Å². The van der Waals surface area contributed by atoms with Crippen molar-refractivity contribution < 1.29 is 9.21 Å². The fraction of sp³-hybridized carbons (Fsp3) is 0.353. The first kappa shape index (κ1) is 15.7. The average Bonchev–Trinajstić information content (AvgIpc) is 2.81. The van der Waals surface area contributed by atoms with Crippen LogP contribution in [-0.4, -0.2) is 29.6 Å².